The number of sulfonamides is 1. The van der Waals surface area contributed by atoms with Gasteiger partial charge in [0.1, 0.15) is 12.4 Å². The molecule has 5 rings (SSSR count). The maximum atomic E-state index is 13.1. The fraction of sp³-hybridized carbons (Fsp3) is 0.308. The van der Waals surface area contributed by atoms with E-state index in [1.165, 1.54) is 4.31 Å². The smallest absolute Gasteiger partial charge is 0.338 e. The Morgan fingerprint density at radius 2 is 1.80 bits per heavy atom. The number of carbonyl (C=O) groups is 1. The zero-order valence-corrected chi connectivity index (χ0v) is 20.3. The predicted octanol–water partition coefficient (Wildman–Crippen LogP) is 3.98. The summed E-state index contributed by atoms with van der Waals surface area (Å²) in [5.74, 6) is 0.151. The van der Waals surface area contributed by atoms with E-state index in [-0.39, 0.29) is 11.5 Å². The Labute approximate surface area is 204 Å². The summed E-state index contributed by atoms with van der Waals surface area (Å²) in [4.78, 5) is 17.6. The molecule has 182 valence electrons. The average Bonchev–Trinajstić information content (AvgIpc) is 3.24. The van der Waals surface area contributed by atoms with E-state index >= 15 is 0 Å². The number of benzene rings is 3. The minimum atomic E-state index is -3.63. The van der Waals surface area contributed by atoms with E-state index in [4.69, 9.17) is 9.47 Å². The first-order valence-electron chi connectivity index (χ1n) is 11.7. The Morgan fingerprint density at radius 1 is 1.03 bits per heavy atom. The maximum Gasteiger partial charge on any atom is 0.338 e. The summed E-state index contributed by atoms with van der Waals surface area (Å²) in [6.07, 6.45) is 0.852. The second kappa shape index (κ2) is 9.77. The van der Waals surface area contributed by atoms with Crippen LogP contribution in [0.5, 0.6) is 0 Å². The van der Waals surface area contributed by atoms with Gasteiger partial charge in [0.25, 0.3) is 0 Å². The number of carbonyl (C=O) groups excluding carboxylic acids is 1. The monoisotopic (exact) mass is 493 g/mol. The average molecular weight is 494 g/mol. The quantitative estimate of drug-likeness (QED) is 0.362. The molecule has 1 aliphatic rings. The van der Waals surface area contributed by atoms with Crippen molar-refractivity contribution < 1.29 is 22.7 Å². The molecular formula is C26H27N3O5S. The number of fused-ring (bicyclic) bond motifs is 2. The minimum absolute atomic E-state index is 0.00805. The number of esters is 1. The van der Waals surface area contributed by atoms with Gasteiger partial charge in [0.2, 0.25) is 10.0 Å². The van der Waals surface area contributed by atoms with Crippen LogP contribution in [0.3, 0.4) is 0 Å². The zero-order chi connectivity index (χ0) is 24.4. The number of aromatic nitrogens is 2. The second-order valence-corrected chi connectivity index (χ2v) is 10.4. The largest absolute Gasteiger partial charge is 0.454 e. The Balaban J connectivity index is 1.40. The molecule has 3 aromatic carbocycles. The topological polar surface area (TPSA) is 90.7 Å². The molecule has 1 aliphatic heterocycles. The fourth-order valence-corrected chi connectivity index (χ4v) is 5.80. The van der Waals surface area contributed by atoms with Gasteiger partial charge in [-0.2, -0.15) is 4.31 Å². The van der Waals surface area contributed by atoms with E-state index in [1.54, 1.807) is 24.3 Å². The van der Waals surface area contributed by atoms with Crippen molar-refractivity contribution in [3.63, 3.8) is 0 Å². The molecule has 0 unspecified atom stereocenters. The van der Waals surface area contributed by atoms with Crippen LogP contribution in [-0.2, 0) is 32.6 Å². The number of rotatable bonds is 7. The van der Waals surface area contributed by atoms with Gasteiger partial charge in [-0.15, -0.1) is 0 Å². The van der Waals surface area contributed by atoms with Crippen molar-refractivity contribution in [1.29, 1.82) is 0 Å². The summed E-state index contributed by atoms with van der Waals surface area (Å²) in [5, 5.41) is 2.02. The van der Waals surface area contributed by atoms with Gasteiger partial charge in [-0.25, -0.2) is 18.2 Å². The molecule has 0 atom stereocenters. The van der Waals surface area contributed by atoms with Gasteiger partial charge < -0.3 is 14.0 Å². The van der Waals surface area contributed by atoms with Gasteiger partial charge in [0, 0.05) is 19.6 Å². The molecule has 8 nitrogen and oxygen atoms in total. The van der Waals surface area contributed by atoms with E-state index in [1.807, 2.05) is 47.9 Å². The van der Waals surface area contributed by atoms with Gasteiger partial charge in [0.15, 0.2) is 0 Å². The molecule has 0 spiro atoms. The highest BCUT2D eigenvalue weighted by molar-refractivity contribution is 7.89. The number of hydrogen-bond acceptors (Lipinski definition) is 6. The minimum Gasteiger partial charge on any atom is -0.454 e. The van der Waals surface area contributed by atoms with E-state index in [0.717, 1.165) is 22.7 Å². The molecule has 0 aliphatic carbocycles. The van der Waals surface area contributed by atoms with Gasteiger partial charge in [0.05, 0.1) is 34.7 Å². The van der Waals surface area contributed by atoms with Crippen LogP contribution in [0.1, 0.15) is 29.5 Å². The zero-order valence-electron chi connectivity index (χ0n) is 19.5. The number of imidazole rings is 1. The normalized spacial score (nSPS) is 15.0. The Morgan fingerprint density at radius 3 is 2.57 bits per heavy atom. The standard InChI is InChI=1S/C26H27N3O5S/c1-2-11-29-24-10-9-22(35(31,32)28-12-14-33-15-13-28)17-23(24)27-25(29)18-34-26(30)21-8-7-19-5-3-4-6-20(19)16-21/h3-10,16-17H,2,11-15,18H2,1H3. The van der Waals surface area contributed by atoms with Crippen LogP contribution in [0.4, 0.5) is 0 Å². The highest BCUT2D eigenvalue weighted by Crippen LogP contribution is 2.25. The summed E-state index contributed by atoms with van der Waals surface area (Å²) < 4.78 is 40.5. The Bertz CT molecular complexity index is 1490. The molecule has 0 N–H and O–H groups in total. The van der Waals surface area contributed by atoms with Gasteiger partial charge in [-0.3, -0.25) is 0 Å². The van der Waals surface area contributed by atoms with Crippen molar-refractivity contribution in [3.8, 4) is 0 Å². The van der Waals surface area contributed by atoms with Crippen LogP contribution in [0, 0.1) is 0 Å². The first-order valence-corrected chi connectivity index (χ1v) is 13.1. The van der Waals surface area contributed by atoms with E-state index in [0.29, 0.717) is 49.8 Å². The third-order valence-corrected chi connectivity index (χ3v) is 8.07. The maximum absolute atomic E-state index is 13.1. The van der Waals surface area contributed by atoms with Crippen LogP contribution >= 0.6 is 0 Å². The molecule has 0 amide bonds. The van der Waals surface area contributed by atoms with Crippen LogP contribution < -0.4 is 0 Å². The van der Waals surface area contributed by atoms with E-state index < -0.39 is 16.0 Å². The number of morpholine rings is 1. The molecule has 0 radical (unpaired) electrons. The predicted molar refractivity (Wildman–Crippen MR) is 133 cm³/mol. The Kier molecular flexibility index (Phi) is 6.55. The summed E-state index contributed by atoms with van der Waals surface area (Å²) >= 11 is 0. The van der Waals surface area contributed by atoms with Crippen LogP contribution in [0.15, 0.2) is 65.6 Å². The lowest BCUT2D eigenvalue weighted by atomic mass is 10.1. The number of hydrogen-bond donors (Lipinski definition) is 0. The Hall–Kier alpha value is -3.27. The van der Waals surface area contributed by atoms with Gasteiger partial charge >= 0.3 is 5.97 Å². The van der Waals surface area contributed by atoms with Crippen LogP contribution in [0.25, 0.3) is 21.8 Å². The third kappa shape index (κ3) is 4.67. The molecule has 35 heavy (non-hydrogen) atoms. The van der Waals surface area contributed by atoms with Crippen molar-refractivity contribution in [2.45, 2.75) is 31.4 Å². The summed E-state index contributed by atoms with van der Waals surface area (Å²) in [6, 6.07) is 18.3. The molecule has 1 fully saturated rings. The first kappa shape index (κ1) is 23.5. The van der Waals surface area contributed by atoms with E-state index in [2.05, 4.69) is 4.98 Å². The lowest BCUT2D eigenvalue weighted by Gasteiger charge is -2.26. The van der Waals surface area contributed by atoms with Crippen molar-refractivity contribution >= 4 is 37.8 Å². The van der Waals surface area contributed by atoms with Gasteiger partial charge in [-0.1, -0.05) is 37.3 Å². The number of aryl methyl sites for hydroxylation is 1. The van der Waals surface area contributed by atoms with E-state index in [9.17, 15) is 13.2 Å². The van der Waals surface area contributed by atoms with Crippen molar-refractivity contribution in [2.75, 3.05) is 26.3 Å². The van der Waals surface area contributed by atoms with Crippen molar-refractivity contribution in [2.24, 2.45) is 0 Å². The fourth-order valence-electron chi connectivity index (χ4n) is 4.37. The highest BCUT2D eigenvalue weighted by Gasteiger charge is 2.27. The first-order chi connectivity index (χ1) is 17.0. The lowest BCUT2D eigenvalue weighted by Crippen LogP contribution is -2.40. The number of ether oxygens (including phenoxy) is 2. The lowest BCUT2D eigenvalue weighted by molar-refractivity contribution is 0.0458. The molecular weight excluding hydrogens is 466 g/mol. The summed E-state index contributed by atoms with van der Waals surface area (Å²) in [7, 11) is -3.63. The van der Waals surface area contributed by atoms with Gasteiger partial charge in [-0.05, 0) is 47.5 Å². The third-order valence-electron chi connectivity index (χ3n) is 6.17. The SMILES string of the molecule is CCCn1c(COC(=O)c2ccc3ccccc3c2)nc2cc(S(=O)(=O)N3CCOCC3)ccc21. The molecule has 1 saturated heterocycles. The highest BCUT2D eigenvalue weighted by atomic mass is 32.2. The second-order valence-electron chi connectivity index (χ2n) is 8.48. The van der Waals surface area contributed by atoms with Crippen molar-refractivity contribution in [1.82, 2.24) is 13.9 Å². The molecule has 2 heterocycles. The summed E-state index contributed by atoms with van der Waals surface area (Å²) in [5.41, 5.74) is 1.84. The molecule has 0 bridgehead atoms. The van der Waals surface area contributed by atoms with Crippen LogP contribution in [0.2, 0.25) is 0 Å². The molecule has 9 heteroatoms. The molecule has 1 aromatic heterocycles. The molecule has 4 aromatic rings. The van der Waals surface area contributed by atoms with Crippen LogP contribution in [-0.4, -0.2) is 54.5 Å². The molecule has 0 saturated carbocycles. The number of nitrogens with zero attached hydrogens (tertiary/aromatic N) is 3. The summed E-state index contributed by atoms with van der Waals surface area (Å²) in [6.45, 7) is 4.16. The van der Waals surface area contributed by atoms with Crippen molar-refractivity contribution in [3.05, 3.63) is 72.1 Å².